The number of benzene rings is 1. The van der Waals surface area contributed by atoms with E-state index in [1.165, 1.54) is 0 Å². The molecule has 0 atom stereocenters. The topological polar surface area (TPSA) is 81.4 Å². The van der Waals surface area contributed by atoms with Gasteiger partial charge < -0.3 is 10.5 Å². The standard InChI is InChI=1S/C14H24N2O3S/c1-4-9-19-10-5-8-16-20(17,18)14-12(3)11(2)6-7-13(14)15/h6-7,16H,4-5,8-10,15H2,1-3H3. The molecular weight excluding hydrogens is 276 g/mol. The highest BCUT2D eigenvalue weighted by Gasteiger charge is 2.20. The summed E-state index contributed by atoms with van der Waals surface area (Å²) in [6.07, 6.45) is 1.61. The molecule has 0 saturated carbocycles. The highest BCUT2D eigenvalue weighted by atomic mass is 32.2. The zero-order valence-corrected chi connectivity index (χ0v) is 13.2. The van der Waals surface area contributed by atoms with Crippen LogP contribution in [0.4, 0.5) is 5.69 Å². The van der Waals surface area contributed by atoms with E-state index in [2.05, 4.69) is 4.72 Å². The molecule has 5 nitrogen and oxygen atoms in total. The second-order valence-electron chi connectivity index (χ2n) is 4.79. The van der Waals surface area contributed by atoms with Gasteiger partial charge in [-0.3, -0.25) is 0 Å². The van der Waals surface area contributed by atoms with Crippen LogP contribution in [0, 0.1) is 13.8 Å². The first-order valence-corrected chi connectivity index (χ1v) is 8.31. The van der Waals surface area contributed by atoms with Gasteiger partial charge in [-0.15, -0.1) is 0 Å². The minimum absolute atomic E-state index is 0.187. The molecule has 0 aromatic heterocycles. The molecule has 0 heterocycles. The molecule has 0 radical (unpaired) electrons. The van der Waals surface area contributed by atoms with Crippen molar-refractivity contribution in [2.45, 2.75) is 38.5 Å². The van der Waals surface area contributed by atoms with Crippen LogP contribution in [0.1, 0.15) is 30.9 Å². The lowest BCUT2D eigenvalue weighted by Crippen LogP contribution is -2.27. The minimum atomic E-state index is -3.57. The second kappa shape index (κ2) is 7.61. The third-order valence-electron chi connectivity index (χ3n) is 3.08. The number of aryl methyl sites for hydroxylation is 1. The summed E-state index contributed by atoms with van der Waals surface area (Å²) in [4.78, 5) is 0.187. The fraction of sp³-hybridized carbons (Fsp3) is 0.571. The molecule has 0 aliphatic carbocycles. The molecule has 20 heavy (non-hydrogen) atoms. The molecule has 1 rings (SSSR count). The van der Waals surface area contributed by atoms with E-state index in [-0.39, 0.29) is 10.6 Å². The number of nitrogen functional groups attached to an aromatic ring is 1. The zero-order valence-electron chi connectivity index (χ0n) is 12.4. The Morgan fingerprint density at radius 1 is 1.25 bits per heavy atom. The molecule has 0 saturated heterocycles. The van der Waals surface area contributed by atoms with E-state index in [9.17, 15) is 8.42 Å². The predicted octanol–water partition coefficient (Wildman–Crippen LogP) is 1.98. The van der Waals surface area contributed by atoms with E-state index >= 15 is 0 Å². The van der Waals surface area contributed by atoms with E-state index < -0.39 is 10.0 Å². The molecule has 3 N–H and O–H groups in total. The van der Waals surface area contributed by atoms with E-state index in [1.807, 2.05) is 19.9 Å². The summed E-state index contributed by atoms with van der Waals surface area (Å²) in [6.45, 7) is 7.27. The number of hydrogen-bond donors (Lipinski definition) is 2. The van der Waals surface area contributed by atoms with E-state index in [0.717, 1.165) is 12.0 Å². The first kappa shape index (κ1) is 16.9. The third-order valence-corrected chi connectivity index (χ3v) is 4.75. The largest absolute Gasteiger partial charge is 0.398 e. The van der Waals surface area contributed by atoms with Crippen LogP contribution in [0.2, 0.25) is 0 Å². The van der Waals surface area contributed by atoms with Crippen LogP contribution in [0.25, 0.3) is 0 Å². The van der Waals surface area contributed by atoms with Gasteiger partial charge in [0.1, 0.15) is 4.90 Å². The Hall–Kier alpha value is -1.11. The van der Waals surface area contributed by atoms with Gasteiger partial charge >= 0.3 is 0 Å². The van der Waals surface area contributed by atoms with Crippen LogP contribution in [0.3, 0.4) is 0 Å². The lowest BCUT2D eigenvalue weighted by molar-refractivity contribution is 0.133. The van der Waals surface area contributed by atoms with Crippen molar-refractivity contribution in [2.75, 3.05) is 25.5 Å². The number of nitrogens with one attached hydrogen (secondary N) is 1. The maximum Gasteiger partial charge on any atom is 0.242 e. The third kappa shape index (κ3) is 4.47. The van der Waals surface area contributed by atoms with Gasteiger partial charge in [0.15, 0.2) is 0 Å². The van der Waals surface area contributed by atoms with Crippen LogP contribution in [0.5, 0.6) is 0 Å². The Bertz CT molecular complexity index is 542. The van der Waals surface area contributed by atoms with Crippen molar-refractivity contribution in [2.24, 2.45) is 0 Å². The molecule has 0 spiro atoms. The van der Waals surface area contributed by atoms with Crippen molar-refractivity contribution in [3.63, 3.8) is 0 Å². The number of anilines is 1. The van der Waals surface area contributed by atoms with Gasteiger partial charge in [-0.25, -0.2) is 13.1 Å². The van der Waals surface area contributed by atoms with Crippen LogP contribution < -0.4 is 10.5 Å². The fourth-order valence-electron chi connectivity index (χ4n) is 1.87. The Balaban J connectivity index is 2.68. The molecule has 1 aromatic carbocycles. The van der Waals surface area contributed by atoms with Gasteiger partial charge in [0.25, 0.3) is 0 Å². The summed E-state index contributed by atoms with van der Waals surface area (Å²) in [5.41, 5.74) is 7.69. The van der Waals surface area contributed by atoms with E-state index in [1.54, 1.807) is 13.0 Å². The molecular formula is C14H24N2O3S. The van der Waals surface area contributed by atoms with Crippen LogP contribution in [0.15, 0.2) is 17.0 Å². The Morgan fingerprint density at radius 3 is 2.60 bits per heavy atom. The molecule has 114 valence electrons. The fourth-order valence-corrected chi connectivity index (χ4v) is 3.37. The predicted molar refractivity (Wildman–Crippen MR) is 81.2 cm³/mol. The molecule has 0 bridgehead atoms. The van der Waals surface area contributed by atoms with Gasteiger partial charge in [0.05, 0.1) is 5.69 Å². The molecule has 6 heteroatoms. The number of sulfonamides is 1. The van der Waals surface area contributed by atoms with Crippen molar-refractivity contribution in [3.8, 4) is 0 Å². The molecule has 1 aromatic rings. The Labute approximate surface area is 121 Å². The normalized spacial score (nSPS) is 11.8. The molecule has 0 aliphatic rings. The van der Waals surface area contributed by atoms with Gasteiger partial charge in [0, 0.05) is 19.8 Å². The lowest BCUT2D eigenvalue weighted by atomic mass is 10.1. The number of nitrogens with two attached hydrogens (primary N) is 1. The SMILES string of the molecule is CCCOCCCNS(=O)(=O)c1c(N)ccc(C)c1C. The first-order valence-electron chi connectivity index (χ1n) is 6.83. The van der Waals surface area contributed by atoms with E-state index in [4.69, 9.17) is 10.5 Å². The van der Waals surface area contributed by atoms with Gasteiger partial charge in [0.2, 0.25) is 10.0 Å². The van der Waals surface area contributed by atoms with Crippen molar-refractivity contribution in [3.05, 3.63) is 23.3 Å². The number of ether oxygens (including phenoxy) is 1. The van der Waals surface area contributed by atoms with Crippen LogP contribution in [-0.4, -0.2) is 28.2 Å². The summed E-state index contributed by atoms with van der Waals surface area (Å²) in [5, 5.41) is 0. The Kier molecular flexibility index (Phi) is 6.45. The van der Waals surface area contributed by atoms with Gasteiger partial charge in [-0.1, -0.05) is 13.0 Å². The first-order chi connectivity index (χ1) is 9.40. The number of rotatable bonds is 8. The van der Waals surface area contributed by atoms with Crippen LogP contribution in [-0.2, 0) is 14.8 Å². The van der Waals surface area contributed by atoms with Crippen molar-refractivity contribution in [1.82, 2.24) is 4.72 Å². The smallest absolute Gasteiger partial charge is 0.242 e. The van der Waals surface area contributed by atoms with Gasteiger partial charge in [-0.2, -0.15) is 0 Å². The molecule has 0 fully saturated rings. The zero-order chi connectivity index (χ0) is 15.2. The van der Waals surface area contributed by atoms with Crippen molar-refractivity contribution >= 4 is 15.7 Å². The Morgan fingerprint density at radius 2 is 1.95 bits per heavy atom. The monoisotopic (exact) mass is 300 g/mol. The summed E-state index contributed by atoms with van der Waals surface area (Å²) in [6, 6.07) is 3.45. The van der Waals surface area contributed by atoms with Crippen molar-refractivity contribution in [1.29, 1.82) is 0 Å². The quantitative estimate of drug-likeness (QED) is 0.568. The minimum Gasteiger partial charge on any atom is -0.398 e. The summed E-state index contributed by atoms with van der Waals surface area (Å²) >= 11 is 0. The maximum atomic E-state index is 12.3. The second-order valence-corrected chi connectivity index (χ2v) is 6.49. The average Bonchev–Trinajstić information content (AvgIpc) is 2.38. The lowest BCUT2D eigenvalue weighted by Gasteiger charge is -2.13. The van der Waals surface area contributed by atoms with Crippen molar-refractivity contribution < 1.29 is 13.2 Å². The molecule has 0 unspecified atom stereocenters. The average molecular weight is 300 g/mol. The van der Waals surface area contributed by atoms with Gasteiger partial charge in [-0.05, 0) is 43.9 Å². The summed E-state index contributed by atoms with van der Waals surface area (Å²) in [5.74, 6) is 0. The maximum absolute atomic E-state index is 12.3. The summed E-state index contributed by atoms with van der Waals surface area (Å²) < 4.78 is 32.4. The highest BCUT2D eigenvalue weighted by Crippen LogP contribution is 2.24. The van der Waals surface area contributed by atoms with E-state index in [0.29, 0.717) is 31.7 Å². The highest BCUT2D eigenvalue weighted by molar-refractivity contribution is 7.89. The van der Waals surface area contributed by atoms with Crippen LogP contribution >= 0.6 is 0 Å². The molecule has 0 amide bonds. The molecule has 0 aliphatic heterocycles. The summed E-state index contributed by atoms with van der Waals surface area (Å²) in [7, 11) is -3.57. The number of hydrogen-bond acceptors (Lipinski definition) is 4.